The summed E-state index contributed by atoms with van der Waals surface area (Å²) < 4.78 is 1.08. The van der Waals surface area contributed by atoms with Crippen LogP contribution in [0.4, 0.5) is 0 Å². The third-order valence-electron chi connectivity index (χ3n) is 1.96. The van der Waals surface area contributed by atoms with Crippen LogP contribution in [0.1, 0.15) is 5.56 Å². The Morgan fingerprint density at radius 3 is 2.46 bits per heavy atom. The molecule has 0 aliphatic rings. The average molecular weight is 284 g/mol. The van der Waals surface area contributed by atoms with Crippen molar-refractivity contribution >= 4 is 22.6 Å². The first-order valence-corrected chi connectivity index (χ1v) is 5.11. The van der Waals surface area contributed by atoms with Crippen LogP contribution < -0.4 is 0 Å². The molecule has 2 aromatic rings. The lowest BCUT2D eigenvalue weighted by Crippen LogP contribution is -1.78. The standard InChI is InChI=1S/C10H9IN2/c1-7-2-4-8(5-3-7)9-6-12-13-10(9)11/h2-6H,1H3,(H,12,13). The molecule has 0 unspecified atom stereocenters. The molecule has 1 aromatic carbocycles. The molecular formula is C10H9IN2. The second-order valence-corrected chi connectivity index (χ2v) is 4.04. The minimum absolute atomic E-state index is 1.08. The van der Waals surface area contributed by atoms with Crippen molar-refractivity contribution < 1.29 is 0 Å². The predicted octanol–water partition coefficient (Wildman–Crippen LogP) is 2.99. The summed E-state index contributed by atoms with van der Waals surface area (Å²) in [7, 11) is 0. The second kappa shape index (κ2) is 3.49. The number of aromatic amines is 1. The number of aryl methyl sites for hydroxylation is 1. The van der Waals surface area contributed by atoms with E-state index in [0.29, 0.717) is 0 Å². The highest BCUT2D eigenvalue weighted by Crippen LogP contribution is 2.22. The van der Waals surface area contributed by atoms with Crippen molar-refractivity contribution in [1.82, 2.24) is 10.2 Å². The highest BCUT2D eigenvalue weighted by molar-refractivity contribution is 14.1. The molecule has 0 amide bonds. The van der Waals surface area contributed by atoms with Crippen molar-refractivity contribution in [2.75, 3.05) is 0 Å². The van der Waals surface area contributed by atoms with Gasteiger partial charge in [0.1, 0.15) is 3.70 Å². The second-order valence-electron chi connectivity index (χ2n) is 2.96. The molecule has 2 nitrogen and oxygen atoms in total. The van der Waals surface area contributed by atoms with Gasteiger partial charge < -0.3 is 0 Å². The maximum atomic E-state index is 3.99. The molecule has 13 heavy (non-hydrogen) atoms. The summed E-state index contributed by atoms with van der Waals surface area (Å²) >= 11 is 2.25. The van der Waals surface area contributed by atoms with Crippen LogP contribution in [0, 0.1) is 10.6 Å². The molecule has 0 bridgehead atoms. The van der Waals surface area contributed by atoms with Crippen LogP contribution in [0.5, 0.6) is 0 Å². The van der Waals surface area contributed by atoms with E-state index in [9.17, 15) is 0 Å². The molecule has 0 saturated carbocycles. The number of hydrogen-bond donors (Lipinski definition) is 1. The van der Waals surface area contributed by atoms with E-state index in [2.05, 4.69) is 64.0 Å². The number of H-pyrrole nitrogens is 1. The number of hydrogen-bond acceptors (Lipinski definition) is 1. The highest BCUT2D eigenvalue weighted by atomic mass is 127. The third kappa shape index (κ3) is 1.75. The molecular weight excluding hydrogens is 275 g/mol. The lowest BCUT2D eigenvalue weighted by molar-refractivity contribution is 1.07. The van der Waals surface area contributed by atoms with Gasteiger partial charge in [-0.2, -0.15) is 5.10 Å². The van der Waals surface area contributed by atoms with E-state index in [1.807, 2.05) is 6.20 Å². The Labute approximate surface area is 90.5 Å². The summed E-state index contributed by atoms with van der Waals surface area (Å²) in [5.74, 6) is 0. The van der Waals surface area contributed by atoms with Crippen molar-refractivity contribution in [3.05, 3.63) is 39.7 Å². The fourth-order valence-corrected chi connectivity index (χ4v) is 1.79. The quantitative estimate of drug-likeness (QED) is 0.801. The molecule has 0 spiro atoms. The normalized spacial score (nSPS) is 10.3. The van der Waals surface area contributed by atoms with Gasteiger partial charge >= 0.3 is 0 Å². The average Bonchev–Trinajstić information content (AvgIpc) is 2.53. The molecule has 3 heteroatoms. The number of nitrogens with one attached hydrogen (secondary N) is 1. The summed E-state index contributed by atoms with van der Waals surface area (Å²) in [4.78, 5) is 0. The molecule has 0 saturated heterocycles. The number of nitrogens with zero attached hydrogens (tertiary/aromatic N) is 1. The molecule has 2 rings (SSSR count). The summed E-state index contributed by atoms with van der Waals surface area (Å²) in [6, 6.07) is 8.45. The van der Waals surface area contributed by atoms with E-state index in [0.717, 1.165) is 3.70 Å². The Balaban J connectivity index is 2.47. The van der Waals surface area contributed by atoms with Crippen molar-refractivity contribution in [2.24, 2.45) is 0 Å². The number of benzene rings is 1. The van der Waals surface area contributed by atoms with Gasteiger partial charge in [-0.25, -0.2) is 0 Å². The first-order valence-electron chi connectivity index (χ1n) is 4.03. The molecule has 0 aliphatic heterocycles. The molecule has 0 aliphatic carbocycles. The first kappa shape index (κ1) is 8.74. The van der Waals surface area contributed by atoms with E-state index in [4.69, 9.17) is 0 Å². The first-order chi connectivity index (χ1) is 6.27. The molecule has 1 aromatic heterocycles. The van der Waals surface area contributed by atoms with Crippen molar-refractivity contribution in [3.63, 3.8) is 0 Å². The number of rotatable bonds is 1. The van der Waals surface area contributed by atoms with Gasteiger partial charge in [-0.15, -0.1) is 0 Å². The SMILES string of the molecule is Cc1ccc(-c2cn[nH]c2I)cc1. The lowest BCUT2D eigenvalue weighted by Gasteiger charge is -1.98. The lowest BCUT2D eigenvalue weighted by atomic mass is 10.1. The summed E-state index contributed by atoms with van der Waals surface area (Å²) in [5, 5.41) is 6.91. The largest absolute Gasteiger partial charge is 0.272 e. The minimum Gasteiger partial charge on any atom is -0.272 e. The van der Waals surface area contributed by atoms with E-state index in [1.165, 1.54) is 16.7 Å². The maximum Gasteiger partial charge on any atom is 0.104 e. The van der Waals surface area contributed by atoms with Gasteiger partial charge in [-0.1, -0.05) is 29.8 Å². The summed E-state index contributed by atoms with van der Waals surface area (Å²) in [6.07, 6.45) is 1.85. The van der Waals surface area contributed by atoms with E-state index >= 15 is 0 Å². The van der Waals surface area contributed by atoms with E-state index in [1.54, 1.807) is 0 Å². The molecule has 1 N–H and O–H groups in total. The predicted molar refractivity (Wildman–Crippen MR) is 61.5 cm³/mol. The molecule has 66 valence electrons. The van der Waals surface area contributed by atoms with Gasteiger partial charge in [0.25, 0.3) is 0 Å². The van der Waals surface area contributed by atoms with E-state index < -0.39 is 0 Å². The Morgan fingerprint density at radius 1 is 1.23 bits per heavy atom. The number of aromatic nitrogens is 2. The monoisotopic (exact) mass is 284 g/mol. The fraction of sp³-hybridized carbons (Fsp3) is 0.100. The van der Waals surface area contributed by atoms with Crippen molar-refractivity contribution in [1.29, 1.82) is 0 Å². The van der Waals surface area contributed by atoms with Crippen LogP contribution in [-0.4, -0.2) is 10.2 Å². The van der Waals surface area contributed by atoms with Gasteiger partial charge in [0.15, 0.2) is 0 Å². The van der Waals surface area contributed by atoms with Gasteiger partial charge in [-0.3, -0.25) is 5.10 Å². The molecule has 0 atom stereocenters. The van der Waals surface area contributed by atoms with Crippen LogP contribution in [0.3, 0.4) is 0 Å². The van der Waals surface area contributed by atoms with Crippen LogP contribution in [0.15, 0.2) is 30.5 Å². The Hall–Kier alpha value is -0.840. The smallest absolute Gasteiger partial charge is 0.104 e. The van der Waals surface area contributed by atoms with Crippen LogP contribution in [-0.2, 0) is 0 Å². The maximum absolute atomic E-state index is 3.99. The summed E-state index contributed by atoms with van der Waals surface area (Å²) in [6.45, 7) is 2.09. The van der Waals surface area contributed by atoms with Gasteiger partial charge in [0, 0.05) is 5.56 Å². The molecule has 0 radical (unpaired) electrons. The Kier molecular flexibility index (Phi) is 2.35. The van der Waals surface area contributed by atoms with Crippen LogP contribution in [0.2, 0.25) is 0 Å². The van der Waals surface area contributed by atoms with Crippen molar-refractivity contribution in [3.8, 4) is 11.1 Å². The highest BCUT2D eigenvalue weighted by Gasteiger charge is 2.03. The zero-order valence-electron chi connectivity index (χ0n) is 7.21. The Bertz CT molecular complexity index is 403. The topological polar surface area (TPSA) is 28.7 Å². The molecule has 1 heterocycles. The zero-order chi connectivity index (χ0) is 9.26. The Morgan fingerprint density at radius 2 is 1.92 bits per heavy atom. The van der Waals surface area contributed by atoms with E-state index in [-0.39, 0.29) is 0 Å². The van der Waals surface area contributed by atoms with Crippen molar-refractivity contribution in [2.45, 2.75) is 6.92 Å². The van der Waals surface area contributed by atoms with Crippen LogP contribution in [0.25, 0.3) is 11.1 Å². The number of halogens is 1. The summed E-state index contributed by atoms with van der Waals surface area (Å²) in [5.41, 5.74) is 3.66. The van der Waals surface area contributed by atoms with Gasteiger partial charge in [0.2, 0.25) is 0 Å². The van der Waals surface area contributed by atoms with Gasteiger partial charge in [-0.05, 0) is 35.1 Å². The third-order valence-corrected chi connectivity index (χ3v) is 2.78. The minimum atomic E-state index is 1.08. The van der Waals surface area contributed by atoms with Crippen LogP contribution >= 0.6 is 22.6 Å². The zero-order valence-corrected chi connectivity index (χ0v) is 9.37. The fourth-order valence-electron chi connectivity index (χ4n) is 1.20. The van der Waals surface area contributed by atoms with Gasteiger partial charge in [0.05, 0.1) is 6.20 Å². The molecule has 0 fully saturated rings.